The first-order valence-electron chi connectivity index (χ1n) is 6.17. The SMILES string of the molecule is Clc1ccc(CSc2ccc(-c3ccco3)nn2)c(Cl)c1. The zero-order valence-electron chi connectivity index (χ0n) is 10.8. The van der Waals surface area contributed by atoms with Crippen molar-refractivity contribution in [3.8, 4) is 11.5 Å². The van der Waals surface area contributed by atoms with Crippen molar-refractivity contribution < 1.29 is 4.42 Å². The van der Waals surface area contributed by atoms with Crippen molar-refractivity contribution in [1.29, 1.82) is 0 Å². The summed E-state index contributed by atoms with van der Waals surface area (Å²) in [5.41, 5.74) is 1.73. The fraction of sp³-hybridized carbons (Fsp3) is 0.0667. The maximum absolute atomic E-state index is 6.14. The molecule has 21 heavy (non-hydrogen) atoms. The van der Waals surface area contributed by atoms with Crippen LogP contribution in [0.1, 0.15) is 5.56 Å². The summed E-state index contributed by atoms with van der Waals surface area (Å²) in [5, 5.41) is 10.5. The van der Waals surface area contributed by atoms with Crippen molar-refractivity contribution in [3.05, 3.63) is 64.3 Å². The number of thioether (sulfide) groups is 1. The highest BCUT2D eigenvalue weighted by Crippen LogP contribution is 2.28. The van der Waals surface area contributed by atoms with Crippen LogP contribution in [0.5, 0.6) is 0 Å². The molecular weight excluding hydrogens is 327 g/mol. The normalized spacial score (nSPS) is 10.8. The Kier molecular flexibility index (Phi) is 4.48. The van der Waals surface area contributed by atoms with E-state index < -0.39 is 0 Å². The third-order valence-electron chi connectivity index (χ3n) is 2.80. The molecule has 0 atom stereocenters. The van der Waals surface area contributed by atoms with Gasteiger partial charge in [-0.2, -0.15) is 0 Å². The molecular formula is C15H10Cl2N2OS. The molecule has 0 aliphatic rings. The van der Waals surface area contributed by atoms with Gasteiger partial charge in [0.05, 0.1) is 6.26 Å². The number of rotatable bonds is 4. The molecule has 0 radical (unpaired) electrons. The maximum Gasteiger partial charge on any atom is 0.154 e. The van der Waals surface area contributed by atoms with Crippen molar-refractivity contribution in [1.82, 2.24) is 10.2 Å². The summed E-state index contributed by atoms with van der Waals surface area (Å²) in [6.07, 6.45) is 1.61. The molecule has 0 unspecified atom stereocenters. The standard InChI is InChI=1S/C15H10Cl2N2OS/c16-11-4-3-10(12(17)8-11)9-21-15-6-5-13(18-19-15)14-2-1-7-20-14/h1-8H,9H2. The monoisotopic (exact) mass is 336 g/mol. The summed E-state index contributed by atoms with van der Waals surface area (Å²) in [7, 11) is 0. The fourth-order valence-electron chi connectivity index (χ4n) is 1.74. The van der Waals surface area contributed by atoms with Gasteiger partial charge in [-0.3, -0.25) is 0 Å². The Labute approximate surface area is 136 Å². The van der Waals surface area contributed by atoms with Crippen molar-refractivity contribution in [2.45, 2.75) is 10.8 Å². The Bertz CT molecular complexity index is 730. The molecule has 0 spiro atoms. The Morgan fingerprint density at radius 2 is 1.95 bits per heavy atom. The van der Waals surface area contributed by atoms with Gasteiger partial charge in [0.25, 0.3) is 0 Å². The zero-order chi connectivity index (χ0) is 14.7. The highest BCUT2D eigenvalue weighted by molar-refractivity contribution is 7.98. The second kappa shape index (κ2) is 6.52. The lowest BCUT2D eigenvalue weighted by atomic mass is 10.2. The van der Waals surface area contributed by atoms with Gasteiger partial charge in [0.15, 0.2) is 5.76 Å². The van der Waals surface area contributed by atoms with E-state index in [1.807, 2.05) is 36.4 Å². The van der Waals surface area contributed by atoms with Gasteiger partial charge in [-0.05, 0) is 42.0 Å². The predicted molar refractivity (Wildman–Crippen MR) is 85.8 cm³/mol. The molecule has 2 aromatic heterocycles. The van der Waals surface area contributed by atoms with Gasteiger partial charge in [-0.25, -0.2) is 0 Å². The first-order valence-corrected chi connectivity index (χ1v) is 7.91. The van der Waals surface area contributed by atoms with Gasteiger partial charge in [0, 0.05) is 15.8 Å². The summed E-state index contributed by atoms with van der Waals surface area (Å²) in [4.78, 5) is 0. The molecule has 3 rings (SSSR count). The highest BCUT2D eigenvalue weighted by atomic mass is 35.5. The molecule has 1 aromatic carbocycles. The quantitative estimate of drug-likeness (QED) is 0.603. The van der Waals surface area contributed by atoms with Gasteiger partial charge in [-0.15, -0.1) is 10.2 Å². The van der Waals surface area contributed by atoms with Crippen molar-refractivity contribution in [2.24, 2.45) is 0 Å². The van der Waals surface area contributed by atoms with Gasteiger partial charge < -0.3 is 4.42 Å². The molecule has 0 amide bonds. The van der Waals surface area contributed by atoms with Crippen LogP contribution in [0.3, 0.4) is 0 Å². The zero-order valence-corrected chi connectivity index (χ0v) is 13.1. The van der Waals surface area contributed by atoms with Crippen LogP contribution < -0.4 is 0 Å². The first-order chi connectivity index (χ1) is 10.2. The van der Waals surface area contributed by atoms with Gasteiger partial charge in [0.1, 0.15) is 10.7 Å². The van der Waals surface area contributed by atoms with E-state index in [-0.39, 0.29) is 0 Å². The van der Waals surface area contributed by atoms with E-state index >= 15 is 0 Å². The smallest absolute Gasteiger partial charge is 0.154 e. The van der Waals surface area contributed by atoms with Crippen LogP contribution in [0.4, 0.5) is 0 Å². The summed E-state index contributed by atoms with van der Waals surface area (Å²) >= 11 is 13.6. The second-order valence-corrected chi connectivity index (χ2v) is 6.10. The predicted octanol–water partition coefficient (Wildman–Crippen LogP) is 5.34. The lowest BCUT2D eigenvalue weighted by Gasteiger charge is -2.04. The number of halogens is 2. The molecule has 0 bridgehead atoms. The Morgan fingerprint density at radius 3 is 2.62 bits per heavy atom. The Hall–Kier alpha value is -1.49. The molecule has 6 heteroatoms. The summed E-state index contributed by atoms with van der Waals surface area (Å²) in [6.45, 7) is 0. The third kappa shape index (κ3) is 3.59. The summed E-state index contributed by atoms with van der Waals surface area (Å²) < 4.78 is 5.28. The molecule has 2 heterocycles. The molecule has 0 saturated heterocycles. The molecule has 0 aliphatic carbocycles. The first kappa shape index (κ1) is 14.4. The summed E-state index contributed by atoms with van der Waals surface area (Å²) in [5.74, 6) is 1.42. The van der Waals surface area contributed by atoms with Crippen LogP contribution in [0.15, 0.2) is 58.2 Å². The van der Waals surface area contributed by atoms with E-state index in [4.69, 9.17) is 27.6 Å². The molecule has 0 fully saturated rings. The van der Waals surface area contributed by atoms with Crippen molar-refractivity contribution in [3.63, 3.8) is 0 Å². The lowest BCUT2D eigenvalue weighted by Crippen LogP contribution is -1.89. The van der Waals surface area contributed by atoms with Crippen LogP contribution in [0.2, 0.25) is 10.0 Å². The summed E-state index contributed by atoms with van der Waals surface area (Å²) in [6, 6.07) is 13.0. The topological polar surface area (TPSA) is 38.9 Å². The van der Waals surface area contributed by atoms with Gasteiger partial charge in [-0.1, -0.05) is 41.0 Å². The minimum atomic E-state index is 0.636. The third-order valence-corrected chi connectivity index (χ3v) is 4.36. The van der Waals surface area contributed by atoms with Crippen LogP contribution in [-0.2, 0) is 5.75 Å². The molecule has 0 N–H and O–H groups in total. The number of nitrogens with zero attached hydrogens (tertiary/aromatic N) is 2. The highest BCUT2D eigenvalue weighted by Gasteiger charge is 2.06. The van der Waals surface area contributed by atoms with E-state index in [2.05, 4.69) is 10.2 Å². The molecule has 0 saturated carbocycles. The van der Waals surface area contributed by atoms with Crippen LogP contribution in [-0.4, -0.2) is 10.2 Å². The van der Waals surface area contributed by atoms with E-state index in [1.165, 1.54) is 0 Å². The molecule has 0 aliphatic heterocycles. The average molecular weight is 337 g/mol. The van der Waals surface area contributed by atoms with Gasteiger partial charge >= 0.3 is 0 Å². The van der Waals surface area contributed by atoms with Crippen molar-refractivity contribution in [2.75, 3.05) is 0 Å². The van der Waals surface area contributed by atoms with E-state index in [9.17, 15) is 0 Å². The number of furan rings is 1. The number of aromatic nitrogens is 2. The average Bonchev–Trinajstić information content (AvgIpc) is 3.01. The number of hydrogen-bond donors (Lipinski definition) is 0. The molecule has 3 nitrogen and oxygen atoms in total. The fourth-order valence-corrected chi connectivity index (χ4v) is 3.12. The second-order valence-electron chi connectivity index (χ2n) is 4.26. The largest absolute Gasteiger partial charge is 0.463 e. The Morgan fingerprint density at radius 1 is 1.05 bits per heavy atom. The van der Waals surface area contributed by atoms with Gasteiger partial charge in [0.2, 0.25) is 0 Å². The minimum absolute atomic E-state index is 0.636. The number of hydrogen-bond acceptors (Lipinski definition) is 4. The van der Waals surface area contributed by atoms with E-state index in [0.29, 0.717) is 27.3 Å². The number of benzene rings is 1. The van der Waals surface area contributed by atoms with E-state index in [1.54, 1.807) is 24.1 Å². The maximum atomic E-state index is 6.14. The lowest BCUT2D eigenvalue weighted by molar-refractivity contribution is 0.578. The molecule has 106 valence electrons. The molecule has 3 aromatic rings. The minimum Gasteiger partial charge on any atom is -0.463 e. The Balaban J connectivity index is 1.68. The van der Waals surface area contributed by atoms with Crippen LogP contribution >= 0.6 is 35.0 Å². The van der Waals surface area contributed by atoms with Crippen LogP contribution in [0.25, 0.3) is 11.5 Å². The van der Waals surface area contributed by atoms with Crippen molar-refractivity contribution >= 4 is 35.0 Å². The van der Waals surface area contributed by atoms with Crippen LogP contribution in [0, 0.1) is 0 Å². The van der Waals surface area contributed by atoms with E-state index in [0.717, 1.165) is 10.6 Å².